The molecule has 1 aromatic carbocycles. The van der Waals surface area contributed by atoms with Gasteiger partial charge in [-0.2, -0.15) is 0 Å². The standard InChI is InChI=1S/C18H20ClF2N3O2/c1-18(2,3)26-17(25)24-6-4-5-15(24)16-22-9-14(23-16)10-7-13(21)11(19)8-12(10)20/h7-9,15H,4-6H2,1-3H3,(H,22,23)/t15-/m0/s1. The molecular weight excluding hydrogens is 364 g/mol. The van der Waals surface area contributed by atoms with Crippen molar-refractivity contribution in [2.75, 3.05) is 6.54 Å². The van der Waals surface area contributed by atoms with Crippen LogP contribution in [0, 0.1) is 11.6 Å². The number of H-pyrrole nitrogens is 1. The Hall–Kier alpha value is -2.15. The van der Waals surface area contributed by atoms with Gasteiger partial charge < -0.3 is 9.72 Å². The number of carbonyl (C=O) groups excluding carboxylic acids is 1. The Labute approximate surface area is 155 Å². The van der Waals surface area contributed by atoms with Crippen molar-refractivity contribution < 1.29 is 18.3 Å². The number of imidazole rings is 1. The molecule has 1 aliphatic rings. The third-order valence-electron chi connectivity index (χ3n) is 4.08. The van der Waals surface area contributed by atoms with E-state index in [0.29, 0.717) is 18.8 Å². The molecule has 26 heavy (non-hydrogen) atoms. The molecule has 1 saturated heterocycles. The van der Waals surface area contributed by atoms with Crippen LogP contribution in [-0.4, -0.2) is 33.1 Å². The first kappa shape index (κ1) is 18.6. The number of carbonyl (C=O) groups is 1. The first-order valence-electron chi connectivity index (χ1n) is 8.35. The van der Waals surface area contributed by atoms with Crippen molar-refractivity contribution in [2.45, 2.75) is 45.3 Å². The van der Waals surface area contributed by atoms with Crippen LogP contribution in [0.25, 0.3) is 11.3 Å². The summed E-state index contributed by atoms with van der Waals surface area (Å²) in [5.74, 6) is -0.869. The van der Waals surface area contributed by atoms with Crippen LogP contribution in [0.5, 0.6) is 0 Å². The molecule has 1 aromatic heterocycles. The zero-order chi connectivity index (χ0) is 19.1. The van der Waals surface area contributed by atoms with E-state index in [1.807, 2.05) is 0 Å². The van der Waals surface area contributed by atoms with Gasteiger partial charge in [-0.3, -0.25) is 4.90 Å². The van der Waals surface area contributed by atoms with Crippen LogP contribution in [0.3, 0.4) is 0 Å². The van der Waals surface area contributed by atoms with E-state index in [4.69, 9.17) is 16.3 Å². The molecule has 0 radical (unpaired) electrons. The molecule has 1 amide bonds. The Kier molecular flexibility index (Phi) is 4.92. The van der Waals surface area contributed by atoms with Crippen molar-refractivity contribution in [3.63, 3.8) is 0 Å². The van der Waals surface area contributed by atoms with Crippen LogP contribution in [0.4, 0.5) is 13.6 Å². The number of aromatic nitrogens is 2. The fourth-order valence-corrected chi connectivity index (χ4v) is 3.10. The average Bonchev–Trinajstić information content (AvgIpc) is 3.17. The predicted octanol–water partition coefficient (Wildman–Crippen LogP) is 5.08. The minimum Gasteiger partial charge on any atom is -0.444 e. The van der Waals surface area contributed by atoms with Gasteiger partial charge in [0.2, 0.25) is 0 Å². The zero-order valence-corrected chi connectivity index (χ0v) is 15.5. The van der Waals surface area contributed by atoms with Crippen LogP contribution in [0.15, 0.2) is 18.3 Å². The summed E-state index contributed by atoms with van der Waals surface area (Å²) < 4.78 is 33.2. The van der Waals surface area contributed by atoms with Crippen molar-refractivity contribution in [2.24, 2.45) is 0 Å². The van der Waals surface area contributed by atoms with Gasteiger partial charge in [-0.15, -0.1) is 0 Å². The number of amides is 1. The highest BCUT2D eigenvalue weighted by Gasteiger charge is 2.35. The van der Waals surface area contributed by atoms with E-state index in [2.05, 4.69) is 9.97 Å². The van der Waals surface area contributed by atoms with Crippen molar-refractivity contribution in [1.29, 1.82) is 0 Å². The molecule has 1 atom stereocenters. The lowest BCUT2D eigenvalue weighted by atomic mass is 10.1. The summed E-state index contributed by atoms with van der Waals surface area (Å²) in [6.45, 7) is 5.97. The zero-order valence-electron chi connectivity index (χ0n) is 14.8. The summed E-state index contributed by atoms with van der Waals surface area (Å²) in [4.78, 5) is 21.3. The first-order chi connectivity index (χ1) is 12.2. The summed E-state index contributed by atoms with van der Waals surface area (Å²) >= 11 is 5.59. The van der Waals surface area contributed by atoms with Gasteiger partial charge in [0.25, 0.3) is 0 Å². The Morgan fingerprint density at radius 2 is 2.08 bits per heavy atom. The maximum atomic E-state index is 14.1. The maximum Gasteiger partial charge on any atom is 0.410 e. The molecule has 0 bridgehead atoms. The van der Waals surface area contributed by atoms with Crippen molar-refractivity contribution in [1.82, 2.24) is 14.9 Å². The number of likely N-dealkylation sites (tertiary alicyclic amines) is 1. The third kappa shape index (κ3) is 3.82. The Bertz CT molecular complexity index is 832. The smallest absolute Gasteiger partial charge is 0.410 e. The molecular formula is C18H20ClF2N3O2. The number of aromatic amines is 1. The Morgan fingerprint density at radius 1 is 1.35 bits per heavy atom. The van der Waals surface area contributed by atoms with E-state index in [1.54, 1.807) is 25.7 Å². The van der Waals surface area contributed by atoms with Crippen molar-refractivity contribution in [3.05, 3.63) is 40.8 Å². The molecule has 1 N–H and O–H groups in total. The molecule has 0 unspecified atom stereocenters. The maximum absolute atomic E-state index is 14.1. The molecule has 2 aromatic rings. The van der Waals surface area contributed by atoms with E-state index < -0.39 is 23.3 Å². The number of benzene rings is 1. The molecule has 1 aliphatic heterocycles. The number of hydrogen-bond donors (Lipinski definition) is 1. The lowest BCUT2D eigenvalue weighted by molar-refractivity contribution is 0.0218. The van der Waals surface area contributed by atoms with Crippen molar-refractivity contribution in [3.8, 4) is 11.3 Å². The first-order valence-corrected chi connectivity index (χ1v) is 8.73. The van der Waals surface area contributed by atoms with E-state index in [1.165, 1.54) is 6.20 Å². The molecule has 140 valence electrons. The molecule has 0 aliphatic carbocycles. The van der Waals surface area contributed by atoms with Crippen LogP contribution in [0.1, 0.15) is 45.5 Å². The largest absolute Gasteiger partial charge is 0.444 e. The van der Waals surface area contributed by atoms with Gasteiger partial charge in [0.1, 0.15) is 23.1 Å². The van der Waals surface area contributed by atoms with E-state index in [-0.39, 0.29) is 22.3 Å². The number of halogens is 3. The van der Waals surface area contributed by atoms with Gasteiger partial charge in [0.15, 0.2) is 0 Å². The van der Waals surface area contributed by atoms with Gasteiger partial charge in [0, 0.05) is 18.3 Å². The van der Waals surface area contributed by atoms with E-state index in [9.17, 15) is 13.6 Å². The molecule has 0 saturated carbocycles. The van der Waals surface area contributed by atoms with Crippen LogP contribution < -0.4 is 0 Å². The summed E-state index contributed by atoms with van der Waals surface area (Å²) in [7, 11) is 0. The lowest BCUT2D eigenvalue weighted by Crippen LogP contribution is -2.36. The second kappa shape index (κ2) is 6.87. The fourth-order valence-electron chi connectivity index (χ4n) is 2.95. The third-order valence-corrected chi connectivity index (χ3v) is 4.37. The average molecular weight is 384 g/mol. The molecule has 5 nitrogen and oxygen atoms in total. The quantitative estimate of drug-likeness (QED) is 0.735. The van der Waals surface area contributed by atoms with Gasteiger partial charge >= 0.3 is 6.09 Å². The van der Waals surface area contributed by atoms with Gasteiger partial charge in [-0.1, -0.05) is 11.6 Å². The van der Waals surface area contributed by atoms with Crippen LogP contribution >= 0.6 is 11.6 Å². The predicted molar refractivity (Wildman–Crippen MR) is 93.9 cm³/mol. The fraction of sp³-hybridized carbons (Fsp3) is 0.444. The summed E-state index contributed by atoms with van der Waals surface area (Å²) in [6, 6.07) is 1.64. The number of hydrogen-bond acceptors (Lipinski definition) is 3. The minimum absolute atomic E-state index is 0.0104. The molecule has 0 spiro atoms. The highest BCUT2D eigenvalue weighted by atomic mass is 35.5. The SMILES string of the molecule is CC(C)(C)OC(=O)N1CCC[C@H]1c1nc(-c2cc(F)c(Cl)cc2F)c[nH]1. The summed E-state index contributed by atoms with van der Waals surface area (Å²) in [5.41, 5.74) is -0.331. The van der Waals surface area contributed by atoms with Gasteiger partial charge in [-0.05, 0) is 45.7 Å². The Morgan fingerprint density at radius 3 is 2.77 bits per heavy atom. The number of nitrogens with zero attached hydrogens (tertiary/aromatic N) is 2. The lowest BCUT2D eigenvalue weighted by Gasteiger charge is -2.27. The second-order valence-corrected chi connectivity index (χ2v) is 7.66. The number of nitrogens with one attached hydrogen (secondary N) is 1. The Balaban J connectivity index is 1.85. The highest BCUT2D eigenvalue weighted by Crippen LogP contribution is 2.33. The van der Waals surface area contributed by atoms with E-state index >= 15 is 0 Å². The van der Waals surface area contributed by atoms with Gasteiger partial charge in [0.05, 0.1) is 16.8 Å². The number of rotatable bonds is 2. The van der Waals surface area contributed by atoms with E-state index in [0.717, 1.165) is 18.6 Å². The highest BCUT2D eigenvalue weighted by molar-refractivity contribution is 6.30. The second-order valence-electron chi connectivity index (χ2n) is 7.25. The van der Waals surface area contributed by atoms with Crippen LogP contribution in [-0.2, 0) is 4.74 Å². The summed E-state index contributed by atoms with van der Waals surface area (Å²) in [6.07, 6.45) is 2.60. The van der Waals surface area contributed by atoms with Crippen molar-refractivity contribution >= 4 is 17.7 Å². The normalized spacial score (nSPS) is 17.6. The molecule has 2 heterocycles. The minimum atomic E-state index is -0.719. The molecule has 3 rings (SSSR count). The monoisotopic (exact) mass is 383 g/mol. The number of ether oxygens (including phenoxy) is 1. The van der Waals surface area contributed by atoms with Gasteiger partial charge in [-0.25, -0.2) is 18.6 Å². The topological polar surface area (TPSA) is 58.2 Å². The summed E-state index contributed by atoms with van der Waals surface area (Å²) in [5, 5.41) is -0.283. The van der Waals surface area contributed by atoms with Crippen LogP contribution in [0.2, 0.25) is 5.02 Å². The molecule has 1 fully saturated rings. The molecule has 8 heteroatoms.